The van der Waals surface area contributed by atoms with E-state index in [1.54, 1.807) is 0 Å². The Labute approximate surface area is 213 Å². The Balaban J connectivity index is 0.00000306. The van der Waals surface area contributed by atoms with E-state index in [1.165, 1.54) is 16.7 Å². The number of nitrogens with zero attached hydrogens (tertiary/aromatic N) is 4. The van der Waals surface area contributed by atoms with Crippen LogP contribution in [0.25, 0.3) is 0 Å². The van der Waals surface area contributed by atoms with Crippen molar-refractivity contribution in [1.29, 1.82) is 0 Å². The molecule has 0 spiro atoms. The third kappa shape index (κ3) is 7.17. The fraction of sp³-hybridized carbons (Fsp3) is 0.308. The monoisotopic (exact) mass is 557 g/mol. The van der Waals surface area contributed by atoms with E-state index in [-0.39, 0.29) is 24.0 Å². The molecule has 2 aromatic carbocycles. The number of benzene rings is 2. The van der Waals surface area contributed by atoms with Gasteiger partial charge in [0.1, 0.15) is 5.82 Å². The third-order valence-electron chi connectivity index (χ3n) is 5.69. The first-order valence-corrected chi connectivity index (χ1v) is 11.1. The van der Waals surface area contributed by atoms with E-state index in [0.29, 0.717) is 13.2 Å². The second-order valence-electron chi connectivity index (χ2n) is 7.81. The van der Waals surface area contributed by atoms with Crippen molar-refractivity contribution >= 4 is 35.8 Å². The molecule has 1 fully saturated rings. The van der Waals surface area contributed by atoms with Crippen LogP contribution in [0.4, 0.5) is 5.82 Å². The van der Waals surface area contributed by atoms with Gasteiger partial charge in [0.2, 0.25) is 0 Å². The van der Waals surface area contributed by atoms with Gasteiger partial charge in [-0.05, 0) is 28.8 Å². The SMILES string of the molecule is CN=C(NCc1ccccc1COCc1ccccc1)N1CCN(c2ccccn2)CC1.I. The van der Waals surface area contributed by atoms with Crippen molar-refractivity contribution in [1.82, 2.24) is 15.2 Å². The Morgan fingerprint density at radius 1 is 0.879 bits per heavy atom. The Morgan fingerprint density at radius 3 is 2.27 bits per heavy atom. The van der Waals surface area contributed by atoms with Crippen molar-refractivity contribution in [3.05, 3.63) is 95.7 Å². The average Bonchev–Trinajstić information content (AvgIpc) is 2.87. The number of hydrogen-bond donors (Lipinski definition) is 1. The number of pyridine rings is 1. The van der Waals surface area contributed by atoms with E-state index in [4.69, 9.17) is 4.74 Å². The first-order valence-electron chi connectivity index (χ1n) is 11.1. The van der Waals surface area contributed by atoms with Crippen molar-refractivity contribution in [3.63, 3.8) is 0 Å². The molecule has 0 amide bonds. The number of halogens is 1. The molecule has 1 aliphatic heterocycles. The van der Waals surface area contributed by atoms with Crippen molar-refractivity contribution in [2.24, 2.45) is 4.99 Å². The van der Waals surface area contributed by atoms with Crippen LogP contribution in [0.3, 0.4) is 0 Å². The van der Waals surface area contributed by atoms with Gasteiger partial charge < -0.3 is 19.9 Å². The first-order chi connectivity index (χ1) is 15.8. The lowest BCUT2D eigenvalue weighted by molar-refractivity contribution is 0.106. The molecule has 3 aromatic rings. The van der Waals surface area contributed by atoms with Crippen molar-refractivity contribution < 1.29 is 4.74 Å². The molecule has 0 saturated carbocycles. The highest BCUT2D eigenvalue weighted by Crippen LogP contribution is 2.14. The van der Waals surface area contributed by atoms with Gasteiger partial charge in [0.15, 0.2) is 5.96 Å². The molecule has 0 aliphatic carbocycles. The summed E-state index contributed by atoms with van der Waals surface area (Å²) in [5.74, 6) is 1.98. The van der Waals surface area contributed by atoms with E-state index < -0.39 is 0 Å². The van der Waals surface area contributed by atoms with Crippen LogP contribution >= 0.6 is 24.0 Å². The van der Waals surface area contributed by atoms with Crippen LogP contribution in [0.1, 0.15) is 16.7 Å². The highest BCUT2D eigenvalue weighted by molar-refractivity contribution is 14.0. The fourth-order valence-electron chi connectivity index (χ4n) is 3.92. The Bertz CT molecular complexity index is 992. The van der Waals surface area contributed by atoms with Crippen LogP contribution < -0.4 is 10.2 Å². The van der Waals surface area contributed by atoms with E-state index in [9.17, 15) is 0 Å². The van der Waals surface area contributed by atoms with Crippen LogP contribution in [0.2, 0.25) is 0 Å². The van der Waals surface area contributed by atoms with Gasteiger partial charge >= 0.3 is 0 Å². The quantitative estimate of drug-likeness (QED) is 0.267. The molecule has 2 heterocycles. The zero-order valence-corrected chi connectivity index (χ0v) is 21.4. The highest BCUT2D eigenvalue weighted by atomic mass is 127. The lowest BCUT2D eigenvalue weighted by atomic mass is 10.1. The molecule has 33 heavy (non-hydrogen) atoms. The molecular formula is C26H32IN5O. The van der Waals surface area contributed by atoms with Gasteiger partial charge in [0.05, 0.1) is 13.2 Å². The number of anilines is 1. The Hall–Kier alpha value is -2.65. The lowest BCUT2D eigenvalue weighted by Crippen LogP contribution is -2.52. The number of ether oxygens (including phenoxy) is 1. The smallest absolute Gasteiger partial charge is 0.194 e. The topological polar surface area (TPSA) is 53.0 Å². The molecule has 0 atom stereocenters. The summed E-state index contributed by atoms with van der Waals surface area (Å²) in [5.41, 5.74) is 3.62. The lowest BCUT2D eigenvalue weighted by Gasteiger charge is -2.37. The molecule has 0 radical (unpaired) electrons. The normalized spacial score (nSPS) is 14.0. The van der Waals surface area contributed by atoms with E-state index in [1.807, 2.05) is 43.6 Å². The molecule has 6 nitrogen and oxygen atoms in total. The van der Waals surface area contributed by atoms with Gasteiger partial charge in [-0.15, -0.1) is 24.0 Å². The number of piperazine rings is 1. The number of rotatable bonds is 7. The van der Waals surface area contributed by atoms with E-state index in [0.717, 1.165) is 44.5 Å². The molecule has 1 N–H and O–H groups in total. The van der Waals surface area contributed by atoms with Gasteiger partial charge in [0.25, 0.3) is 0 Å². The fourth-order valence-corrected chi connectivity index (χ4v) is 3.92. The molecule has 0 unspecified atom stereocenters. The summed E-state index contributed by atoms with van der Waals surface area (Å²) in [4.78, 5) is 13.6. The van der Waals surface area contributed by atoms with E-state index >= 15 is 0 Å². The standard InChI is InChI=1S/C26H31N5O.HI/c1-27-26(31-17-15-30(16-18-31)25-13-7-8-14-28-25)29-19-23-11-5-6-12-24(23)21-32-20-22-9-3-2-4-10-22;/h2-14H,15-21H2,1H3,(H,27,29);1H. The van der Waals surface area contributed by atoms with Gasteiger partial charge in [-0.1, -0.05) is 60.7 Å². The molecular weight excluding hydrogens is 525 g/mol. The number of nitrogens with one attached hydrogen (secondary N) is 1. The van der Waals surface area contributed by atoms with E-state index in [2.05, 4.69) is 67.6 Å². The van der Waals surface area contributed by atoms with Gasteiger partial charge in [-0.2, -0.15) is 0 Å². The zero-order chi connectivity index (χ0) is 22.0. The number of guanidine groups is 1. The summed E-state index contributed by atoms with van der Waals surface area (Å²) in [6.45, 7) is 5.62. The van der Waals surface area contributed by atoms with Crippen molar-refractivity contribution in [2.75, 3.05) is 38.1 Å². The molecule has 4 rings (SSSR count). The van der Waals surface area contributed by atoms with Gasteiger partial charge in [-0.3, -0.25) is 4.99 Å². The predicted octanol–water partition coefficient (Wildman–Crippen LogP) is 4.31. The van der Waals surface area contributed by atoms with Crippen LogP contribution in [0.15, 0.2) is 84.0 Å². The van der Waals surface area contributed by atoms with Crippen molar-refractivity contribution in [2.45, 2.75) is 19.8 Å². The zero-order valence-electron chi connectivity index (χ0n) is 19.1. The predicted molar refractivity (Wildman–Crippen MR) is 145 cm³/mol. The Morgan fingerprint density at radius 2 is 1.58 bits per heavy atom. The van der Waals surface area contributed by atoms with Crippen LogP contribution in [-0.2, 0) is 24.5 Å². The number of aromatic nitrogens is 1. The highest BCUT2D eigenvalue weighted by Gasteiger charge is 2.20. The molecule has 1 aliphatic rings. The maximum absolute atomic E-state index is 5.97. The minimum atomic E-state index is 0. The van der Waals surface area contributed by atoms with Crippen molar-refractivity contribution in [3.8, 4) is 0 Å². The van der Waals surface area contributed by atoms with Gasteiger partial charge in [0, 0.05) is 46.0 Å². The summed E-state index contributed by atoms with van der Waals surface area (Å²) in [6, 6.07) is 24.8. The maximum atomic E-state index is 5.97. The van der Waals surface area contributed by atoms with Crippen LogP contribution in [-0.4, -0.2) is 49.1 Å². The molecule has 1 aromatic heterocycles. The summed E-state index contributed by atoms with van der Waals surface area (Å²) in [6.07, 6.45) is 1.85. The Kier molecular flexibility index (Phi) is 9.96. The summed E-state index contributed by atoms with van der Waals surface area (Å²) in [7, 11) is 1.85. The minimum absolute atomic E-state index is 0. The second kappa shape index (κ2) is 13.2. The average molecular weight is 557 g/mol. The number of aliphatic imine (C=N–C) groups is 1. The molecule has 7 heteroatoms. The second-order valence-corrected chi connectivity index (χ2v) is 7.81. The largest absolute Gasteiger partial charge is 0.372 e. The minimum Gasteiger partial charge on any atom is -0.372 e. The molecule has 0 bridgehead atoms. The molecule has 1 saturated heterocycles. The van der Waals surface area contributed by atoms with Gasteiger partial charge in [-0.25, -0.2) is 4.98 Å². The first kappa shape index (κ1) is 25.0. The third-order valence-corrected chi connectivity index (χ3v) is 5.69. The maximum Gasteiger partial charge on any atom is 0.194 e. The summed E-state index contributed by atoms with van der Waals surface area (Å²) < 4.78 is 5.97. The van der Waals surface area contributed by atoms with Crippen LogP contribution in [0.5, 0.6) is 0 Å². The van der Waals surface area contributed by atoms with Crippen LogP contribution in [0, 0.1) is 0 Å². The molecule has 174 valence electrons. The number of hydrogen-bond acceptors (Lipinski definition) is 4. The summed E-state index contributed by atoms with van der Waals surface area (Å²) in [5, 5.41) is 3.54. The summed E-state index contributed by atoms with van der Waals surface area (Å²) >= 11 is 0.